The van der Waals surface area contributed by atoms with Crippen molar-refractivity contribution in [1.29, 1.82) is 0 Å². The molecule has 1 aromatic rings. The summed E-state index contributed by atoms with van der Waals surface area (Å²) in [4.78, 5) is 19.8. The molecule has 1 aliphatic carbocycles. The van der Waals surface area contributed by atoms with E-state index in [0.717, 1.165) is 29.8 Å². The molecule has 1 aliphatic rings. The van der Waals surface area contributed by atoms with E-state index in [9.17, 15) is 4.79 Å². The lowest BCUT2D eigenvalue weighted by Crippen LogP contribution is -2.14. The number of anilines is 1. The van der Waals surface area contributed by atoms with Gasteiger partial charge in [-0.05, 0) is 25.7 Å². The maximum absolute atomic E-state index is 10.9. The molecule has 0 unspecified atom stereocenters. The van der Waals surface area contributed by atoms with Crippen molar-refractivity contribution in [3.8, 4) is 0 Å². The second-order valence-electron chi connectivity index (χ2n) is 4.62. The third kappa shape index (κ3) is 2.97. The minimum absolute atomic E-state index is 0.00998. The Balaban J connectivity index is 2.33. The highest BCUT2D eigenvalue weighted by Gasteiger charge is 2.23. The second-order valence-corrected chi connectivity index (χ2v) is 4.62. The Labute approximate surface area is 107 Å². The van der Waals surface area contributed by atoms with Crippen LogP contribution in [0.25, 0.3) is 0 Å². The zero-order valence-corrected chi connectivity index (χ0v) is 10.9. The summed E-state index contributed by atoms with van der Waals surface area (Å²) in [7, 11) is 0. The first kappa shape index (κ1) is 12.8. The number of carbonyl (C=O) groups is 1. The molecular formula is C13H19N3O2. The molecule has 0 saturated heterocycles. The molecule has 1 heterocycles. The third-order valence-electron chi connectivity index (χ3n) is 3.09. The summed E-state index contributed by atoms with van der Waals surface area (Å²) in [6, 6.07) is 0.504. The standard InChI is InChI=1S/C13H19N3O2/c1-3-10-9(7-12(17)18)11(4-2)16-13(15-10)14-8-5-6-8/h8H,3-7H2,1-2H3,(H,17,18)(H,14,15,16). The van der Waals surface area contributed by atoms with E-state index in [4.69, 9.17) is 5.11 Å². The SMILES string of the molecule is CCc1nc(NC2CC2)nc(CC)c1CC(=O)O. The quantitative estimate of drug-likeness (QED) is 0.804. The monoisotopic (exact) mass is 249 g/mol. The third-order valence-corrected chi connectivity index (χ3v) is 3.09. The van der Waals surface area contributed by atoms with Crippen LogP contribution in [0.1, 0.15) is 43.6 Å². The van der Waals surface area contributed by atoms with E-state index < -0.39 is 5.97 Å². The Bertz CT molecular complexity index is 431. The lowest BCUT2D eigenvalue weighted by Gasteiger charge is -2.13. The minimum Gasteiger partial charge on any atom is -0.481 e. The van der Waals surface area contributed by atoms with Gasteiger partial charge in [-0.3, -0.25) is 4.79 Å². The molecule has 2 rings (SSSR count). The van der Waals surface area contributed by atoms with Gasteiger partial charge in [-0.2, -0.15) is 0 Å². The predicted molar refractivity (Wildman–Crippen MR) is 68.8 cm³/mol. The van der Waals surface area contributed by atoms with Gasteiger partial charge in [0, 0.05) is 23.0 Å². The highest BCUT2D eigenvalue weighted by atomic mass is 16.4. The molecule has 1 aromatic heterocycles. The van der Waals surface area contributed by atoms with Crippen molar-refractivity contribution in [2.75, 3.05) is 5.32 Å². The average Bonchev–Trinajstić information content (AvgIpc) is 3.13. The summed E-state index contributed by atoms with van der Waals surface area (Å²) in [5.74, 6) is -0.175. The van der Waals surface area contributed by atoms with Crippen LogP contribution in [0.4, 0.5) is 5.95 Å². The molecule has 5 heteroatoms. The van der Waals surface area contributed by atoms with Crippen LogP contribution in [-0.2, 0) is 24.1 Å². The zero-order chi connectivity index (χ0) is 13.1. The van der Waals surface area contributed by atoms with Crippen molar-refractivity contribution in [3.05, 3.63) is 17.0 Å². The Morgan fingerprint density at radius 2 is 1.83 bits per heavy atom. The number of hydrogen-bond acceptors (Lipinski definition) is 4. The number of nitrogens with one attached hydrogen (secondary N) is 1. The summed E-state index contributed by atoms with van der Waals surface area (Å²) < 4.78 is 0. The normalized spacial score (nSPS) is 14.6. The molecule has 1 fully saturated rings. The van der Waals surface area contributed by atoms with Gasteiger partial charge in [0.2, 0.25) is 5.95 Å². The fourth-order valence-corrected chi connectivity index (χ4v) is 2.00. The molecule has 0 aliphatic heterocycles. The number of hydrogen-bond donors (Lipinski definition) is 2. The molecule has 0 aromatic carbocycles. The van der Waals surface area contributed by atoms with Crippen LogP contribution in [0.3, 0.4) is 0 Å². The van der Waals surface area contributed by atoms with Crippen molar-refractivity contribution in [3.63, 3.8) is 0 Å². The van der Waals surface area contributed by atoms with E-state index in [0.29, 0.717) is 12.0 Å². The van der Waals surface area contributed by atoms with Crippen LogP contribution in [0.15, 0.2) is 0 Å². The van der Waals surface area contributed by atoms with E-state index in [2.05, 4.69) is 15.3 Å². The van der Waals surface area contributed by atoms with Crippen LogP contribution in [-0.4, -0.2) is 27.1 Å². The summed E-state index contributed by atoms with van der Waals surface area (Å²) in [6.07, 6.45) is 3.82. The van der Waals surface area contributed by atoms with Crippen LogP contribution >= 0.6 is 0 Å². The molecule has 0 atom stereocenters. The van der Waals surface area contributed by atoms with E-state index in [-0.39, 0.29) is 6.42 Å². The van der Waals surface area contributed by atoms with E-state index >= 15 is 0 Å². The first-order valence-electron chi connectivity index (χ1n) is 6.51. The van der Waals surface area contributed by atoms with E-state index in [1.54, 1.807) is 0 Å². The maximum Gasteiger partial charge on any atom is 0.307 e. The van der Waals surface area contributed by atoms with Gasteiger partial charge in [-0.15, -0.1) is 0 Å². The number of aromatic nitrogens is 2. The highest BCUT2D eigenvalue weighted by molar-refractivity contribution is 5.71. The van der Waals surface area contributed by atoms with E-state index in [1.165, 1.54) is 12.8 Å². The number of carboxylic acid groups (broad SMARTS) is 1. The summed E-state index contributed by atoms with van der Waals surface area (Å²) in [5.41, 5.74) is 2.49. The Kier molecular flexibility index (Phi) is 3.79. The zero-order valence-electron chi connectivity index (χ0n) is 10.9. The smallest absolute Gasteiger partial charge is 0.307 e. The molecule has 1 saturated carbocycles. The van der Waals surface area contributed by atoms with Gasteiger partial charge in [0.05, 0.1) is 6.42 Å². The first-order valence-corrected chi connectivity index (χ1v) is 6.51. The van der Waals surface area contributed by atoms with Crippen molar-refractivity contribution in [1.82, 2.24) is 9.97 Å². The topological polar surface area (TPSA) is 75.1 Å². The van der Waals surface area contributed by atoms with Gasteiger partial charge in [-0.25, -0.2) is 9.97 Å². The number of rotatable bonds is 6. The van der Waals surface area contributed by atoms with Gasteiger partial charge in [0.15, 0.2) is 0 Å². The molecule has 0 bridgehead atoms. The number of carboxylic acids is 1. The summed E-state index contributed by atoms with van der Waals surface area (Å²) in [5, 5.41) is 12.2. The Hall–Kier alpha value is -1.65. The lowest BCUT2D eigenvalue weighted by molar-refractivity contribution is -0.136. The van der Waals surface area contributed by atoms with Crippen LogP contribution in [0.2, 0.25) is 0 Å². The second kappa shape index (κ2) is 5.33. The fraction of sp³-hybridized carbons (Fsp3) is 0.615. The highest BCUT2D eigenvalue weighted by Crippen LogP contribution is 2.24. The first-order chi connectivity index (χ1) is 8.63. The largest absolute Gasteiger partial charge is 0.481 e. The average molecular weight is 249 g/mol. The number of aliphatic carboxylic acids is 1. The predicted octanol–water partition coefficient (Wildman–Crippen LogP) is 1.80. The molecule has 98 valence electrons. The van der Waals surface area contributed by atoms with Gasteiger partial charge in [0.1, 0.15) is 0 Å². The Morgan fingerprint density at radius 1 is 1.28 bits per heavy atom. The van der Waals surface area contributed by atoms with Crippen molar-refractivity contribution in [2.24, 2.45) is 0 Å². The maximum atomic E-state index is 10.9. The van der Waals surface area contributed by atoms with Crippen LogP contribution < -0.4 is 5.32 Å². The summed E-state index contributed by atoms with van der Waals surface area (Å²) in [6.45, 7) is 3.99. The van der Waals surface area contributed by atoms with Crippen molar-refractivity contribution >= 4 is 11.9 Å². The van der Waals surface area contributed by atoms with Gasteiger partial charge in [0.25, 0.3) is 0 Å². The molecular weight excluding hydrogens is 230 g/mol. The van der Waals surface area contributed by atoms with Gasteiger partial charge < -0.3 is 10.4 Å². The molecule has 0 spiro atoms. The molecule has 2 N–H and O–H groups in total. The van der Waals surface area contributed by atoms with Crippen LogP contribution in [0.5, 0.6) is 0 Å². The van der Waals surface area contributed by atoms with Gasteiger partial charge in [-0.1, -0.05) is 13.8 Å². The van der Waals surface area contributed by atoms with Crippen molar-refractivity contribution < 1.29 is 9.90 Å². The number of nitrogens with zero attached hydrogens (tertiary/aromatic N) is 2. The van der Waals surface area contributed by atoms with E-state index in [1.807, 2.05) is 13.8 Å². The van der Waals surface area contributed by atoms with Crippen LogP contribution in [0, 0.1) is 0 Å². The molecule has 0 radical (unpaired) electrons. The molecule has 5 nitrogen and oxygen atoms in total. The minimum atomic E-state index is -0.828. The lowest BCUT2D eigenvalue weighted by atomic mass is 10.0. The Morgan fingerprint density at radius 3 is 2.22 bits per heavy atom. The van der Waals surface area contributed by atoms with Gasteiger partial charge >= 0.3 is 5.97 Å². The number of aryl methyl sites for hydroxylation is 2. The summed E-state index contributed by atoms with van der Waals surface area (Å²) >= 11 is 0. The van der Waals surface area contributed by atoms with Crippen molar-refractivity contribution in [2.45, 2.75) is 52.0 Å². The fourth-order valence-electron chi connectivity index (χ4n) is 2.00. The molecule has 18 heavy (non-hydrogen) atoms. The molecule has 0 amide bonds.